The number of hydrogen-bond acceptors (Lipinski definition) is 4. The first-order valence-corrected chi connectivity index (χ1v) is 7.37. The molecule has 94 valence electrons. The molecule has 0 bridgehead atoms. The van der Waals surface area contributed by atoms with Gasteiger partial charge >= 0.3 is 0 Å². The lowest BCUT2D eigenvalue weighted by molar-refractivity contribution is 0.0603. The Morgan fingerprint density at radius 3 is 2.44 bits per heavy atom. The highest BCUT2D eigenvalue weighted by Gasteiger charge is 2.35. The summed E-state index contributed by atoms with van der Waals surface area (Å²) in [6.07, 6.45) is 2.60. The molecule has 0 aliphatic carbocycles. The molecule has 0 saturated carbocycles. The first kappa shape index (κ1) is 12.3. The Hall–Kier alpha value is -0.170. The first-order valence-electron chi connectivity index (χ1n) is 5.87. The van der Waals surface area contributed by atoms with Gasteiger partial charge in [0.1, 0.15) is 0 Å². The van der Waals surface area contributed by atoms with Gasteiger partial charge in [-0.2, -0.15) is 0 Å². The molecular formula is C10H20N2O3S. The van der Waals surface area contributed by atoms with Crippen LogP contribution in [0, 0.1) is 0 Å². The van der Waals surface area contributed by atoms with E-state index in [0.29, 0.717) is 19.6 Å². The van der Waals surface area contributed by atoms with Crippen molar-refractivity contribution in [1.29, 1.82) is 0 Å². The molecule has 6 heteroatoms. The van der Waals surface area contributed by atoms with Crippen molar-refractivity contribution >= 4 is 10.0 Å². The number of rotatable bonds is 3. The smallest absolute Gasteiger partial charge is 0.218 e. The molecule has 1 unspecified atom stereocenters. The Kier molecular flexibility index (Phi) is 3.84. The summed E-state index contributed by atoms with van der Waals surface area (Å²) < 4.78 is 31.3. The Balaban J connectivity index is 1.97. The minimum Gasteiger partial charge on any atom is -0.381 e. The highest BCUT2D eigenvalue weighted by atomic mass is 32.2. The molecule has 0 aromatic rings. The number of nitrogens with zero attached hydrogens (tertiary/aromatic N) is 1. The van der Waals surface area contributed by atoms with Crippen LogP contribution in [0.25, 0.3) is 0 Å². The highest BCUT2D eigenvalue weighted by molar-refractivity contribution is 7.89. The molecule has 0 amide bonds. The maximum absolute atomic E-state index is 12.2. The maximum atomic E-state index is 12.2. The second kappa shape index (κ2) is 5.00. The lowest BCUT2D eigenvalue weighted by Gasteiger charge is -2.32. The number of sulfonamides is 1. The van der Waals surface area contributed by atoms with E-state index in [1.807, 2.05) is 0 Å². The molecular weight excluding hydrogens is 228 g/mol. The molecule has 1 N–H and O–H groups in total. The molecule has 0 radical (unpaired) electrons. The summed E-state index contributed by atoms with van der Waals surface area (Å²) in [5.74, 6) is 0. The quantitative estimate of drug-likeness (QED) is 0.751. The Morgan fingerprint density at radius 2 is 1.94 bits per heavy atom. The molecule has 2 heterocycles. The van der Waals surface area contributed by atoms with Crippen LogP contribution < -0.4 is 5.32 Å². The van der Waals surface area contributed by atoms with Gasteiger partial charge in [0.2, 0.25) is 10.0 Å². The molecule has 0 aromatic carbocycles. The number of nitrogens with one attached hydrogen (secondary N) is 1. The van der Waals surface area contributed by atoms with Crippen molar-refractivity contribution in [1.82, 2.24) is 9.62 Å². The van der Waals surface area contributed by atoms with E-state index in [1.54, 1.807) is 11.4 Å². The van der Waals surface area contributed by atoms with E-state index in [0.717, 1.165) is 25.8 Å². The van der Waals surface area contributed by atoms with Gasteiger partial charge in [0.25, 0.3) is 0 Å². The summed E-state index contributed by atoms with van der Waals surface area (Å²) in [6.45, 7) is 2.64. The van der Waals surface area contributed by atoms with E-state index in [-0.39, 0.29) is 11.4 Å². The number of piperidine rings is 1. The molecule has 16 heavy (non-hydrogen) atoms. The fourth-order valence-corrected chi connectivity index (χ4v) is 4.30. The van der Waals surface area contributed by atoms with Crippen LogP contribution in [0.3, 0.4) is 0 Å². The molecule has 0 spiro atoms. The molecule has 1 atom stereocenters. The van der Waals surface area contributed by atoms with Gasteiger partial charge < -0.3 is 10.1 Å². The SMILES string of the molecule is COC1CCN(S(=O)(=O)C2CCNC2)CC1. The van der Waals surface area contributed by atoms with E-state index < -0.39 is 10.0 Å². The zero-order valence-electron chi connectivity index (χ0n) is 9.68. The summed E-state index contributed by atoms with van der Waals surface area (Å²) >= 11 is 0. The van der Waals surface area contributed by atoms with E-state index in [9.17, 15) is 8.42 Å². The van der Waals surface area contributed by atoms with Crippen LogP contribution in [0.2, 0.25) is 0 Å². The lowest BCUT2D eigenvalue weighted by Crippen LogP contribution is -2.45. The van der Waals surface area contributed by atoms with E-state index in [1.165, 1.54) is 0 Å². The highest BCUT2D eigenvalue weighted by Crippen LogP contribution is 2.21. The van der Waals surface area contributed by atoms with Crippen molar-refractivity contribution in [2.75, 3.05) is 33.3 Å². The van der Waals surface area contributed by atoms with E-state index in [4.69, 9.17) is 4.74 Å². The van der Waals surface area contributed by atoms with Gasteiger partial charge in [0.05, 0.1) is 11.4 Å². The second-order valence-corrected chi connectivity index (χ2v) is 6.71. The van der Waals surface area contributed by atoms with Crippen molar-refractivity contribution in [3.05, 3.63) is 0 Å². The van der Waals surface area contributed by atoms with Crippen LogP contribution in [-0.4, -0.2) is 57.4 Å². The van der Waals surface area contributed by atoms with Crippen molar-refractivity contribution in [2.24, 2.45) is 0 Å². The van der Waals surface area contributed by atoms with Crippen LogP contribution in [0.1, 0.15) is 19.3 Å². The number of methoxy groups -OCH3 is 1. The van der Waals surface area contributed by atoms with Crippen LogP contribution in [0.4, 0.5) is 0 Å². The number of ether oxygens (including phenoxy) is 1. The third kappa shape index (κ3) is 2.40. The van der Waals surface area contributed by atoms with Gasteiger partial charge in [-0.3, -0.25) is 0 Å². The average molecular weight is 248 g/mol. The van der Waals surface area contributed by atoms with Crippen molar-refractivity contribution < 1.29 is 13.2 Å². The zero-order chi connectivity index (χ0) is 11.6. The molecule has 2 saturated heterocycles. The van der Waals surface area contributed by atoms with Crippen LogP contribution >= 0.6 is 0 Å². The van der Waals surface area contributed by atoms with Gasteiger partial charge in [0, 0.05) is 26.7 Å². The third-order valence-electron chi connectivity index (χ3n) is 3.53. The average Bonchev–Trinajstić information content (AvgIpc) is 2.83. The predicted molar refractivity (Wildman–Crippen MR) is 61.8 cm³/mol. The number of hydrogen-bond donors (Lipinski definition) is 1. The van der Waals surface area contributed by atoms with Crippen molar-refractivity contribution in [3.8, 4) is 0 Å². The fraction of sp³-hybridized carbons (Fsp3) is 1.00. The summed E-state index contributed by atoms with van der Waals surface area (Å²) in [7, 11) is -1.39. The molecule has 0 aromatic heterocycles. The summed E-state index contributed by atoms with van der Waals surface area (Å²) in [5.41, 5.74) is 0. The minimum atomic E-state index is -3.08. The lowest BCUT2D eigenvalue weighted by atomic mass is 10.1. The Morgan fingerprint density at radius 1 is 1.25 bits per heavy atom. The summed E-state index contributed by atoms with van der Waals surface area (Å²) in [6, 6.07) is 0. The summed E-state index contributed by atoms with van der Waals surface area (Å²) in [5, 5.41) is 2.89. The zero-order valence-corrected chi connectivity index (χ0v) is 10.5. The summed E-state index contributed by atoms with van der Waals surface area (Å²) in [4.78, 5) is 0. The van der Waals surface area contributed by atoms with Gasteiger partial charge in [-0.15, -0.1) is 0 Å². The minimum absolute atomic E-state index is 0.216. The van der Waals surface area contributed by atoms with E-state index >= 15 is 0 Å². The Bertz CT molecular complexity index is 317. The maximum Gasteiger partial charge on any atom is 0.218 e. The van der Waals surface area contributed by atoms with Crippen LogP contribution in [0.15, 0.2) is 0 Å². The van der Waals surface area contributed by atoms with Gasteiger partial charge in [-0.1, -0.05) is 0 Å². The molecule has 5 nitrogen and oxygen atoms in total. The monoisotopic (exact) mass is 248 g/mol. The van der Waals surface area contributed by atoms with Crippen LogP contribution in [-0.2, 0) is 14.8 Å². The molecule has 2 aliphatic rings. The molecule has 2 rings (SSSR count). The van der Waals surface area contributed by atoms with Gasteiger partial charge in [0.15, 0.2) is 0 Å². The van der Waals surface area contributed by atoms with Gasteiger partial charge in [-0.25, -0.2) is 12.7 Å². The third-order valence-corrected chi connectivity index (χ3v) is 5.86. The second-order valence-electron chi connectivity index (χ2n) is 4.49. The van der Waals surface area contributed by atoms with Gasteiger partial charge in [-0.05, 0) is 25.8 Å². The standard InChI is InChI=1S/C10H20N2O3S/c1-15-9-3-6-12(7-4-9)16(13,14)10-2-5-11-8-10/h9-11H,2-8H2,1H3. The van der Waals surface area contributed by atoms with Crippen molar-refractivity contribution in [2.45, 2.75) is 30.6 Å². The predicted octanol–water partition coefficient (Wildman–Crippen LogP) is -0.211. The molecule has 2 fully saturated rings. The normalized spacial score (nSPS) is 29.7. The van der Waals surface area contributed by atoms with Crippen molar-refractivity contribution in [3.63, 3.8) is 0 Å². The largest absolute Gasteiger partial charge is 0.381 e. The van der Waals surface area contributed by atoms with Crippen LogP contribution in [0.5, 0.6) is 0 Å². The van der Waals surface area contributed by atoms with E-state index in [2.05, 4.69) is 5.32 Å². The first-order chi connectivity index (χ1) is 7.64. The fourth-order valence-electron chi connectivity index (χ4n) is 2.42. The topological polar surface area (TPSA) is 58.6 Å². The Labute approximate surface area is 97.2 Å². The molecule has 2 aliphatic heterocycles.